The first kappa shape index (κ1) is 36.6. The summed E-state index contributed by atoms with van der Waals surface area (Å²) in [5, 5.41) is 11.2. The molecule has 0 amide bonds. The lowest BCUT2D eigenvalue weighted by atomic mass is 9.87. The second kappa shape index (κ2) is 15.2. The zero-order chi connectivity index (χ0) is 40.6. The Bertz CT molecular complexity index is 2840. The van der Waals surface area contributed by atoms with Crippen molar-refractivity contribution in [1.82, 2.24) is 14.8 Å². The Hall–Kier alpha value is -7.70. The maximum Gasteiger partial charge on any atom is 0.248 e. The van der Waals surface area contributed by atoms with E-state index in [-0.39, 0.29) is 5.41 Å². The second-order valence-corrected chi connectivity index (χ2v) is 16.0. The third-order valence-corrected chi connectivity index (χ3v) is 11.1. The Morgan fingerprint density at radius 2 is 0.833 bits per heavy atom. The molecule has 0 aliphatic heterocycles. The van der Waals surface area contributed by atoms with E-state index in [4.69, 9.17) is 4.42 Å². The minimum Gasteiger partial charge on any atom is -0.416 e. The molecule has 6 heteroatoms. The number of aromatic nitrogens is 3. The Kier molecular flexibility index (Phi) is 9.30. The van der Waals surface area contributed by atoms with Crippen molar-refractivity contribution in [3.05, 3.63) is 212 Å². The van der Waals surface area contributed by atoms with E-state index < -0.39 is 0 Å². The average molecular weight is 778 g/mol. The van der Waals surface area contributed by atoms with Gasteiger partial charge < -0.3 is 18.8 Å². The summed E-state index contributed by atoms with van der Waals surface area (Å²) in [4.78, 5) is 4.63. The highest BCUT2D eigenvalue weighted by Crippen LogP contribution is 2.43. The monoisotopic (exact) mass is 777 g/mol. The maximum atomic E-state index is 6.34. The Morgan fingerprint density at radius 1 is 0.400 bits per heavy atom. The number of hydrogen-bond acceptors (Lipinski definition) is 5. The van der Waals surface area contributed by atoms with E-state index in [2.05, 4.69) is 246 Å². The SMILES string of the molecule is CC(C)(C)c1ccc(-c2nnc(-c3cccc(-n4c5ccc(N(c6ccccc6)c6ccccc6)cc5c5cc(N(c6ccccc6)c6ccccc6)ccc54)c3)o2)cc1. The lowest BCUT2D eigenvalue weighted by Gasteiger charge is -2.26. The summed E-state index contributed by atoms with van der Waals surface area (Å²) >= 11 is 0. The first-order chi connectivity index (χ1) is 29.4. The molecule has 0 saturated heterocycles. The van der Waals surface area contributed by atoms with Gasteiger partial charge in [0.1, 0.15) is 0 Å². The van der Waals surface area contributed by atoms with Gasteiger partial charge in [-0.2, -0.15) is 0 Å². The zero-order valence-electron chi connectivity index (χ0n) is 33.8. The molecule has 0 saturated carbocycles. The van der Waals surface area contributed by atoms with E-state index in [0.717, 1.165) is 72.7 Å². The van der Waals surface area contributed by atoms with Crippen LogP contribution in [0, 0.1) is 0 Å². The quantitative estimate of drug-likeness (QED) is 0.146. The molecule has 2 aromatic heterocycles. The molecule has 10 aromatic rings. The third kappa shape index (κ3) is 6.88. The second-order valence-electron chi connectivity index (χ2n) is 16.0. The van der Waals surface area contributed by atoms with Gasteiger partial charge in [-0.15, -0.1) is 10.2 Å². The smallest absolute Gasteiger partial charge is 0.248 e. The fraction of sp³-hybridized carbons (Fsp3) is 0.0741. The highest BCUT2D eigenvalue weighted by atomic mass is 16.4. The minimum atomic E-state index is 0.0568. The number of benzene rings is 8. The summed E-state index contributed by atoms with van der Waals surface area (Å²) < 4.78 is 8.68. The van der Waals surface area contributed by atoms with E-state index in [1.54, 1.807) is 0 Å². The van der Waals surface area contributed by atoms with Gasteiger partial charge in [-0.25, -0.2) is 0 Å². The van der Waals surface area contributed by atoms with E-state index in [9.17, 15) is 0 Å². The van der Waals surface area contributed by atoms with Crippen LogP contribution in [-0.4, -0.2) is 14.8 Å². The van der Waals surface area contributed by atoms with E-state index in [1.807, 2.05) is 6.07 Å². The number of para-hydroxylation sites is 4. The first-order valence-electron chi connectivity index (χ1n) is 20.3. The first-order valence-corrected chi connectivity index (χ1v) is 20.3. The predicted octanol–water partition coefficient (Wildman–Crippen LogP) is 14.7. The summed E-state index contributed by atoms with van der Waals surface area (Å²) in [5.41, 5.74) is 12.7. The highest BCUT2D eigenvalue weighted by Gasteiger charge is 2.21. The van der Waals surface area contributed by atoms with Gasteiger partial charge in [-0.05, 0) is 126 Å². The molecule has 2 heterocycles. The number of nitrogens with zero attached hydrogens (tertiary/aromatic N) is 5. The molecular weight excluding hydrogens is 735 g/mol. The van der Waals surface area contributed by atoms with Crippen molar-refractivity contribution >= 4 is 55.9 Å². The molecular formula is C54H43N5O. The molecule has 0 spiro atoms. The topological polar surface area (TPSA) is 50.3 Å². The summed E-state index contributed by atoms with van der Waals surface area (Å²) in [7, 11) is 0. The molecule has 0 N–H and O–H groups in total. The maximum absolute atomic E-state index is 6.34. The Morgan fingerprint density at radius 3 is 1.27 bits per heavy atom. The molecule has 10 rings (SSSR count). The number of hydrogen-bond donors (Lipinski definition) is 0. The minimum absolute atomic E-state index is 0.0568. The molecule has 0 atom stereocenters. The van der Waals surface area contributed by atoms with Crippen molar-refractivity contribution in [2.75, 3.05) is 9.80 Å². The van der Waals surface area contributed by atoms with Crippen molar-refractivity contribution in [3.8, 4) is 28.6 Å². The third-order valence-electron chi connectivity index (χ3n) is 11.1. The Labute approximate surface area is 350 Å². The van der Waals surface area contributed by atoms with E-state index >= 15 is 0 Å². The van der Waals surface area contributed by atoms with E-state index in [1.165, 1.54) is 5.56 Å². The highest BCUT2D eigenvalue weighted by molar-refractivity contribution is 6.12. The molecule has 290 valence electrons. The van der Waals surface area contributed by atoms with Gasteiger partial charge in [-0.1, -0.05) is 112 Å². The number of anilines is 6. The number of fused-ring (bicyclic) bond motifs is 3. The molecule has 0 unspecified atom stereocenters. The van der Waals surface area contributed by atoms with Gasteiger partial charge in [0, 0.05) is 61.7 Å². The van der Waals surface area contributed by atoms with Crippen LogP contribution in [0.2, 0.25) is 0 Å². The lowest BCUT2D eigenvalue weighted by Crippen LogP contribution is -2.10. The van der Waals surface area contributed by atoms with Crippen molar-refractivity contribution in [2.45, 2.75) is 26.2 Å². The van der Waals surface area contributed by atoms with Crippen molar-refractivity contribution < 1.29 is 4.42 Å². The van der Waals surface area contributed by atoms with Crippen LogP contribution in [0.15, 0.2) is 211 Å². The molecule has 0 aliphatic rings. The largest absolute Gasteiger partial charge is 0.416 e. The van der Waals surface area contributed by atoms with Crippen LogP contribution >= 0.6 is 0 Å². The molecule has 6 nitrogen and oxygen atoms in total. The lowest BCUT2D eigenvalue weighted by molar-refractivity contribution is 0.582. The van der Waals surface area contributed by atoms with Gasteiger partial charge in [0.15, 0.2) is 0 Å². The van der Waals surface area contributed by atoms with Crippen LogP contribution in [0.5, 0.6) is 0 Å². The van der Waals surface area contributed by atoms with Gasteiger partial charge in [0.2, 0.25) is 11.8 Å². The van der Waals surface area contributed by atoms with Gasteiger partial charge >= 0.3 is 0 Å². The van der Waals surface area contributed by atoms with Crippen LogP contribution < -0.4 is 9.80 Å². The molecule has 0 bridgehead atoms. The van der Waals surface area contributed by atoms with Crippen LogP contribution in [0.1, 0.15) is 26.3 Å². The molecule has 0 radical (unpaired) electrons. The normalized spacial score (nSPS) is 11.6. The van der Waals surface area contributed by atoms with Gasteiger partial charge in [0.25, 0.3) is 0 Å². The van der Waals surface area contributed by atoms with Crippen molar-refractivity contribution in [3.63, 3.8) is 0 Å². The van der Waals surface area contributed by atoms with Crippen molar-refractivity contribution in [2.24, 2.45) is 0 Å². The van der Waals surface area contributed by atoms with Gasteiger partial charge in [-0.3, -0.25) is 0 Å². The standard InChI is InChI=1S/C54H43N5O/c1-54(2,3)40-29-27-38(28-30-40)52-55-56-53(60-52)39-17-16-26-45(35-39)59-50-33-31-46(57(41-18-8-4-9-19-41)42-20-10-5-11-21-42)36-48(50)49-37-47(32-34-51(49)59)58(43-22-12-6-13-23-43)44-24-14-7-15-25-44/h4-37H,1-3H3. The average Bonchev–Trinajstić information content (AvgIpc) is 3.92. The summed E-state index contributed by atoms with van der Waals surface area (Å²) in [5.74, 6) is 0.968. The van der Waals surface area contributed by atoms with Crippen molar-refractivity contribution in [1.29, 1.82) is 0 Å². The fourth-order valence-electron chi connectivity index (χ4n) is 8.11. The van der Waals surface area contributed by atoms with Crippen LogP contribution in [0.4, 0.5) is 34.1 Å². The molecule has 60 heavy (non-hydrogen) atoms. The summed E-state index contributed by atoms with van der Waals surface area (Å²) in [6.45, 7) is 6.63. The number of rotatable bonds is 9. The zero-order valence-corrected chi connectivity index (χ0v) is 33.8. The van der Waals surface area contributed by atoms with Crippen LogP contribution in [0.3, 0.4) is 0 Å². The summed E-state index contributed by atoms with van der Waals surface area (Å²) in [6, 6.07) is 72.6. The molecule has 0 fully saturated rings. The van der Waals surface area contributed by atoms with E-state index in [0.29, 0.717) is 11.8 Å². The van der Waals surface area contributed by atoms with Crippen LogP contribution in [-0.2, 0) is 5.41 Å². The van der Waals surface area contributed by atoms with Crippen LogP contribution in [0.25, 0.3) is 50.4 Å². The summed E-state index contributed by atoms with van der Waals surface area (Å²) in [6.07, 6.45) is 0. The fourth-order valence-corrected chi connectivity index (χ4v) is 8.11. The Balaban J connectivity index is 1.14. The van der Waals surface area contributed by atoms with Gasteiger partial charge in [0.05, 0.1) is 11.0 Å². The molecule has 0 aliphatic carbocycles. The molecule has 8 aromatic carbocycles. The predicted molar refractivity (Wildman–Crippen MR) is 248 cm³/mol.